The maximum atomic E-state index is 11.9. The average molecular weight is 315 g/mol. The van der Waals surface area contributed by atoms with Gasteiger partial charge in [0.1, 0.15) is 6.04 Å². The van der Waals surface area contributed by atoms with Gasteiger partial charge < -0.3 is 10.4 Å². The number of carbonyl (C=O) groups is 2. The summed E-state index contributed by atoms with van der Waals surface area (Å²) in [7, 11) is 0. The summed E-state index contributed by atoms with van der Waals surface area (Å²) in [5.41, 5.74) is 0.333. The number of nitrogens with zero attached hydrogens (tertiary/aromatic N) is 1. The number of nitrogens with one attached hydrogen (secondary N) is 1. The van der Waals surface area contributed by atoms with Gasteiger partial charge in [0.05, 0.1) is 5.56 Å². The number of aliphatic carboxylic acids is 1. The number of carboxylic acids is 1. The highest BCUT2D eigenvalue weighted by molar-refractivity contribution is 9.10. The van der Waals surface area contributed by atoms with Gasteiger partial charge in [-0.3, -0.25) is 9.78 Å². The normalized spacial score (nSPS) is 12.2. The molecule has 1 atom stereocenters. The monoisotopic (exact) mass is 314 g/mol. The maximum Gasteiger partial charge on any atom is 0.326 e. The van der Waals surface area contributed by atoms with Crippen LogP contribution in [0.25, 0.3) is 0 Å². The lowest BCUT2D eigenvalue weighted by molar-refractivity contribution is -0.139. The molecular weight excluding hydrogens is 300 g/mol. The van der Waals surface area contributed by atoms with Crippen LogP contribution in [-0.2, 0) is 4.79 Å². The molecule has 0 aliphatic heterocycles. The van der Waals surface area contributed by atoms with E-state index in [1.165, 1.54) is 6.20 Å². The van der Waals surface area contributed by atoms with Gasteiger partial charge in [-0.2, -0.15) is 0 Å². The molecule has 1 amide bonds. The minimum Gasteiger partial charge on any atom is -0.480 e. The number of rotatable bonds is 5. The molecule has 18 heavy (non-hydrogen) atoms. The number of amides is 1. The Morgan fingerprint density at radius 2 is 2.11 bits per heavy atom. The molecule has 0 saturated heterocycles. The van der Waals surface area contributed by atoms with E-state index in [2.05, 4.69) is 26.2 Å². The Morgan fingerprint density at radius 1 is 1.44 bits per heavy atom. The first-order valence-corrected chi connectivity index (χ1v) is 6.33. The molecule has 1 aromatic heterocycles. The van der Waals surface area contributed by atoms with Gasteiger partial charge >= 0.3 is 5.97 Å². The van der Waals surface area contributed by atoms with Crippen molar-refractivity contribution < 1.29 is 14.7 Å². The highest BCUT2D eigenvalue weighted by Crippen LogP contribution is 2.11. The standard InChI is InChI=1S/C12H15BrN2O3/c1-7(2)3-10(12(17)18)15-11(16)8-4-9(13)6-14-5-8/h4-7,10H,3H2,1-2H3,(H,15,16)(H,17,18)/t10-/m1/s1. The Labute approximate surface area is 114 Å². The minimum atomic E-state index is -1.03. The van der Waals surface area contributed by atoms with Gasteiger partial charge in [-0.1, -0.05) is 13.8 Å². The van der Waals surface area contributed by atoms with Crippen LogP contribution in [0.5, 0.6) is 0 Å². The van der Waals surface area contributed by atoms with Gasteiger partial charge in [0, 0.05) is 16.9 Å². The molecule has 98 valence electrons. The lowest BCUT2D eigenvalue weighted by Crippen LogP contribution is -2.41. The van der Waals surface area contributed by atoms with E-state index in [9.17, 15) is 9.59 Å². The minimum absolute atomic E-state index is 0.187. The summed E-state index contributed by atoms with van der Waals surface area (Å²) < 4.78 is 0.672. The molecule has 0 bridgehead atoms. The number of aromatic nitrogens is 1. The van der Waals surface area contributed by atoms with Crippen LogP contribution in [0.4, 0.5) is 0 Å². The van der Waals surface area contributed by atoms with Gasteiger partial charge in [0.2, 0.25) is 0 Å². The zero-order valence-corrected chi connectivity index (χ0v) is 11.8. The van der Waals surface area contributed by atoms with E-state index in [0.29, 0.717) is 16.5 Å². The topological polar surface area (TPSA) is 79.3 Å². The molecular formula is C12H15BrN2O3. The number of hydrogen-bond donors (Lipinski definition) is 2. The van der Waals surface area contributed by atoms with Crippen molar-refractivity contribution in [2.45, 2.75) is 26.3 Å². The third-order valence-electron chi connectivity index (χ3n) is 2.28. The van der Waals surface area contributed by atoms with Crippen LogP contribution in [0, 0.1) is 5.92 Å². The lowest BCUT2D eigenvalue weighted by Gasteiger charge is -2.16. The van der Waals surface area contributed by atoms with Crippen molar-refractivity contribution in [3.05, 3.63) is 28.5 Å². The second kappa shape index (κ2) is 6.49. The smallest absolute Gasteiger partial charge is 0.326 e. The molecule has 0 aliphatic carbocycles. The molecule has 0 saturated carbocycles. The summed E-state index contributed by atoms with van der Waals surface area (Å²) in [5, 5.41) is 11.5. The van der Waals surface area contributed by atoms with Crippen LogP contribution in [0.2, 0.25) is 0 Å². The molecule has 5 nitrogen and oxygen atoms in total. The first-order valence-electron chi connectivity index (χ1n) is 5.54. The summed E-state index contributed by atoms with van der Waals surface area (Å²) in [6.07, 6.45) is 3.34. The van der Waals surface area contributed by atoms with Crippen molar-refractivity contribution >= 4 is 27.8 Å². The van der Waals surface area contributed by atoms with Crippen LogP contribution in [-0.4, -0.2) is 28.0 Å². The van der Waals surface area contributed by atoms with Crippen LogP contribution in [0.3, 0.4) is 0 Å². The fourth-order valence-electron chi connectivity index (χ4n) is 1.47. The fourth-order valence-corrected chi connectivity index (χ4v) is 1.84. The summed E-state index contributed by atoms with van der Waals surface area (Å²) in [5.74, 6) is -1.27. The van der Waals surface area contributed by atoms with Crippen LogP contribution >= 0.6 is 15.9 Å². The van der Waals surface area contributed by atoms with Gasteiger partial charge in [0.15, 0.2) is 0 Å². The summed E-state index contributed by atoms with van der Waals surface area (Å²) >= 11 is 3.21. The number of carboxylic acid groups (broad SMARTS) is 1. The van der Waals surface area contributed by atoms with E-state index >= 15 is 0 Å². The zero-order valence-electron chi connectivity index (χ0n) is 10.2. The number of hydrogen-bond acceptors (Lipinski definition) is 3. The molecule has 1 aromatic rings. The molecule has 2 N–H and O–H groups in total. The van der Waals surface area contributed by atoms with Crippen LogP contribution < -0.4 is 5.32 Å². The predicted octanol–water partition coefficient (Wildman–Crippen LogP) is 2.07. The van der Waals surface area contributed by atoms with Crippen molar-refractivity contribution in [3.63, 3.8) is 0 Å². The predicted molar refractivity (Wildman–Crippen MR) is 70.3 cm³/mol. The summed E-state index contributed by atoms with van der Waals surface area (Å²) in [6, 6.07) is 0.716. The van der Waals surface area contributed by atoms with E-state index < -0.39 is 17.9 Å². The Balaban J connectivity index is 2.75. The third-order valence-corrected chi connectivity index (χ3v) is 2.71. The Morgan fingerprint density at radius 3 is 2.61 bits per heavy atom. The first kappa shape index (κ1) is 14.6. The van der Waals surface area contributed by atoms with Gasteiger partial charge in [-0.15, -0.1) is 0 Å². The van der Waals surface area contributed by atoms with Gasteiger partial charge in [-0.25, -0.2) is 4.79 Å². The van der Waals surface area contributed by atoms with Crippen LogP contribution in [0.1, 0.15) is 30.6 Å². The summed E-state index contributed by atoms with van der Waals surface area (Å²) in [6.45, 7) is 3.81. The summed E-state index contributed by atoms with van der Waals surface area (Å²) in [4.78, 5) is 26.8. The largest absolute Gasteiger partial charge is 0.480 e. The zero-order chi connectivity index (χ0) is 13.7. The molecule has 0 radical (unpaired) electrons. The van der Waals surface area contributed by atoms with Crippen molar-refractivity contribution in [1.29, 1.82) is 0 Å². The van der Waals surface area contributed by atoms with E-state index in [1.54, 1.807) is 12.3 Å². The van der Waals surface area contributed by atoms with Crippen molar-refractivity contribution in [2.24, 2.45) is 5.92 Å². The first-order chi connectivity index (χ1) is 8.40. The highest BCUT2D eigenvalue weighted by atomic mass is 79.9. The quantitative estimate of drug-likeness (QED) is 0.872. The van der Waals surface area contributed by atoms with E-state index in [0.717, 1.165) is 0 Å². The molecule has 0 unspecified atom stereocenters. The Kier molecular flexibility index (Phi) is 5.27. The molecule has 0 fully saturated rings. The fraction of sp³-hybridized carbons (Fsp3) is 0.417. The number of pyridine rings is 1. The number of halogens is 1. The Hall–Kier alpha value is -1.43. The molecule has 0 spiro atoms. The molecule has 6 heteroatoms. The molecule has 0 aromatic carbocycles. The average Bonchev–Trinajstić information content (AvgIpc) is 2.27. The SMILES string of the molecule is CC(C)C[C@@H](NC(=O)c1cncc(Br)c1)C(=O)O. The van der Waals surface area contributed by atoms with E-state index in [-0.39, 0.29) is 5.92 Å². The highest BCUT2D eigenvalue weighted by Gasteiger charge is 2.21. The third kappa shape index (κ3) is 4.44. The second-order valence-corrected chi connectivity index (χ2v) is 5.30. The van der Waals surface area contributed by atoms with Crippen LogP contribution in [0.15, 0.2) is 22.9 Å². The van der Waals surface area contributed by atoms with Crippen molar-refractivity contribution in [2.75, 3.05) is 0 Å². The molecule has 1 heterocycles. The van der Waals surface area contributed by atoms with Crippen molar-refractivity contribution in [1.82, 2.24) is 10.3 Å². The molecule has 1 rings (SSSR count). The van der Waals surface area contributed by atoms with Crippen molar-refractivity contribution in [3.8, 4) is 0 Å². The van der Waals surface area contributed by atoms with Gasteiger partial charge in [-0.05, 0) is 34.3 Å². The maximum absolute atomic E-state index is 11.9. The Bertz CT molecular complexity index is 449. The molecule has 0 aliphatic rings. The van der Waals surface area contributed by atoms with Gasteiger partial charge in [0.25, 0.3) is 5.91 Å². The van der Waals surface area contributed by atoms with E-state index in [1.807, 2.05) is 13.8 Å². The number of carbonyl (C=O) groups excluding carboxylic acids is 1. The second-order valence-electron chi connectivity index (χ2n) is 4.39. The van der Waals surface area contributed by atoms with E-state index in [4.69, 9.17) is 5.11 Å². The lowest BCUT2D eigenvalue weighted by atomic mass is 10.0.